The van der Waals surface area contributed by atoms with Crippen LogP contribution in [0.3, 0.4) is 0 Å². The van der Waals surface area contributed by atoms with Gasteiger partial charge in [-0.05, 0) is 82.4 Å². The lowest BCUT2D eigenvalue weighted by Crippen LogP contribution is -2.29. The van der Waals surface area contributed by atoms with Crippen LogP contribution in [0.4, 0.5) is 11.4 Å². The van der Waals surface area contributed by atoms with E-state index in [1.807, 2.05) is 0 Å². The van der Waals surface area contributed by atoms with E-state index in [1.165, 1.54) is 40.7 Å². The fraction of sp³-hybridized carbons (Fsp3) is 0.394. The van der Waals surface area contributed by atoms with E-state index in [0.29, 0.717) is 13.2 Å². The number of anilines is 1. The number of carbonyl (C=O) groups is 1. The number of esters is 1. The summed E-state index contributed by atoms with van der Waals surface area (Å²) in [5.41, 5.74) is 8.38. The second-order valence-electron chi connectivity index (χ2n) is 10.7. The molecule has 2 aromatic rings. The number of benzene rings is 2. The van der Waals surface area contributed by atoms with E-state index < -0.39 is 0 Å². The van der Waals surface area contributed by atoms with Crippen LogP contribution in [0.1, 0.15) is 65.0 Å². The molecule has 3 aliphatic rings. The van der Waals surface area contributed by atoms with Gasteiger partial charge in [-0.15, -0.1) is 0 Å². The third-order valence-corrected chi connectivity index (χ3v) is 8.00. The van der Waals surface area contributed by atoms with Crippen LogP contribution in [0, 0.1) is 0 Å². The Labute approximate surface area is 226 Å². The largest absolute Gasteiger partial charge is 0.459 e. The summed E-state index contributed by atoms with van der Waals surface area (Å²) in [4.78, 5) is 13.8. The summed E-state index contributed by atoms with van der Waals surface area (Å²) in [5, 5.41) is 0. The average molecular weight is 512 g/mol. The third kappa shape index (κ3) is 4.82. The van der Waals surface area contributed by atoms with Gasteiger partial charge in [0.25, 0.3) is 0 Å². The van der Waals surface area contributed by atoms with E-state index in [-0.39, 0.29) is 11.4 Å². The molecule has 2 aromatic carbocycles. The normalized spacial score (nSPS) is 17.6. The van der Waals surface area contributed by atoms with Crippen LogP contribution in [0.2, 0.25) is 0 Å². The van der Waals surface area contributed by atoms with Crippen molar-refractivity contribution in [3.63, 3.8) is 0 Å². The molecule has 2 aliphatic heterocycles. The van der Waals surface area contributed by atoms with Gasteiger partial charge in [-0.2, -0.15) is 4.58 Å². The summed E-state index contributed by atoms with van der Waals surface area (Å²) in [6.45, 7) is 13.3. The van der Waals surface area contributed by atoms with Crippen molar-refractivity contribution in [2.24, 2.45) is 0 Å². The Morgan fingerprint density at radius 2 is 1.89 bits per heavy atom. The van der Waals surface area contributed by atoms with E-state index in [1.54, 1.807) is 0 Å². The fourth-order valence-electron chi connectivity index (χ4n) is 5.99. The van der Waals surface area contributed by atoms with Crippen LogP contribution < -0.4 is 9.64 Å². The zero-order chi connectivity index (χ0) is 26.9. The number of carbonyl (C=O) groups excluding carboxylic acids is 1. The molecular weight excluding hydrogens is 472 g/mol. The molecule has 0 atom stereocenters. The SMILES string of the molecule is CCN(CC)c1ccc2c(c1)OC1=C(C=CC3=[N+](CCOC(C)=O)c4ccccc4C3(C)C)CCCC1=C2. The number of nitrogens with zero attached hydrogens (tertiary/aromatic N) is 2. The number of rotatable bonds is 8. The highest BCUT2D eigenvalue weighted by atomic mass is 16.5. The van der Waals surface area contributed by atoms with Crippen molar-refractivity contribution in [3.05, 3.63) is 82.6 Å². The monoisotopic (exact) mass is 511 g/mol. The molecule has 2 heterocycles. The minimum atomic E-state index is -0.249. The summed E-state index contributed by atoms with van der Waals surface area (Å²) in [6, 6.07) is 15.1. The summed E-state index contributed by atoms with van der Waals surface area (Å²) < 4.78 is 14.2. The first-order valence-electron chi connectivity index (χ1n) is 13.9. The number of allylic oxidation sites excluding steroid dienone is 4. The summed E-state index contributed by atoms with van der Waals surface area (Å²) in [6.07, 6.45) is 9.95. The number of hydrogen-bond acceptors (Lipinski definition) is 4. The number of ether oxygens (including phenoxy) is 2. The number of hydrogen-bond donors (Lipinski definition) is 0. The number of para-hydroxylation sites is 1. The molecule has 0 saturated heterocycles. The Morgan fingerprint density at radius 3 is 2.66 bits per heavy atom. The quantitative estimate of drug-likeness (QED) is 0.284. The Bertz CT molecular complexity index is 1370. The van der Waals surface area contributed by atoms with Crippen molar-refractivity contribution >= 4 is 29.1 Å². The molecule has 5 heteroatoms. The van der Waals surface area contributed by atoms with Gasteiger partial charge in [-0.1, -0.05) is 18.2 Å². The molecule has 198 valence electrons. The van der Waals surface area contributed by atoms with Crippen LogP contribution in [-0.4, -0.2) is 42.5 Å². The van der Waals surface area contributed by atoms with Crippen LogP contribution >= 0.6 is 0 Å². The molecular formula is C33H39N2O3+. The first-order chi connectivity index (χ1) is 18.3. The van der Waals surface area contributed by atoms with Crippen LogP contribution in [-0.2, 0) is 14.9 Å². The van der Waals surface area contributed by atoms with Gasteiger partial charge < -0.3 is 14.4 Å². The predicted octanol–water partition coefficient (Wildman–Crippen LogP) is 6.94. The number of fused-ring (bicyclic) bond motifs is 3. The lowest BCUT2D eigenvalue weighted by atomic mass is 9.81. The van der Waals surface area contributed by atoms with Crippen LogP contribution in [0.5, 0.6) is 5.75 Å². The zero-order valence-electron chi connectivity index (χ0n) is 23.3. The van der Waals surface area contributed by atoms with E-state index >= 15 is 0 Å². The second-order valence-corrected chi connectivity index (χ2v) is 10.7. The molecule has 0 spiro atoms. The molecule has 0 radical (unpaired) electrons. The van der Waals surface area contributed by atoms with Gasteiger partial charge >= 0.3 is 5.97 Å². The van der Waals surface area contributed by atoms with Crippen molar-refractivity contribution in [1.29, 1.82) is 0 Å². The fourth-order valence-corrected chi connectivity index (χ4v) is 5.99. The maximum absolute atomic E-state index is 11.4. The summed E-state index contributed by atoms with van der Waals surface area (Å²) in [5.74, 6) is 1.70. The van der Waals surface area contributed by atoms with E-state index in [4.69, 9.17) is 9.47 Å². The lowest BCUT2D eigenvalue weighted by Gasteiger charge is -2.28. The Hall–Kier alpha value is -3.60. The van der Waals surface area contributed by atoms with Crippen LogP contribution in [0.25, 0.3) is 6.08 Å². The topological polar surface area (TPSA) is 41.8 Å². The van der Waals surface area contributed by atoms with Gasteiger partial charge in [-0.3, -0.25) is 4.79 Å². The van der Waals surface area contributed by atoms with Gasteiger partial charge in [0.05, 0.1) is 5.41 Å². The minimum Gasteiger partial charge on any atom is -0.459 e. The van der Waals surface area contributed by atoms with Crippen LogP contribution in [0.15, 0.2) is 71.5 Å². The lowest BCUT2D eigenvalue weighted by molar-refractivity contribution is -0.440. The van der Waals surface area contributed by atoms with Gasteiger partial charge in [0.15, 0.2) is 18.9 Å². The maximum Gasteiger partial charge on any atom is 0.302 e. The molecule has 0 fully saturated rings. The first-order valence-corrected chi connectivity index (χ1v) is 13.9. The van der Waals surface area contributed by atoms with Gasteiger partial charge in [0.1, 0.15) is 11.5 Å². The Kier molecular flexibility index (Phi) is 7.29. The van der Waals surface area contributed by atoms with Crippen molar-refractivity contribution in [3.8, 4) is 5.75 Å². The van der Waals surface area contributed by atoms with E-state index in [0.717, 1.165) is 49.4 Å². The Morgan fingerprint density at radius 1 is 1.11 bits per heavy atom. The van der Waals surface area contributed by atoms with Crippen molar-refractivity contribution in [2.45, 2.75) is 59.3 Å². The molecule has 5 rings (SSSR count). The molecule has 0 saturated carbocycles. The average Bonchev–Trinajstić information content (AvgIpc) is 3.12. The molecule has 0 amide bonds. The van der Waals surface area contributed by atoms with Gasteiger partial charge in [-0.25, -0.2) is 0 Å². The molecule has 0 unspecified atom stereocenters. The smallest absolute Gasteiger partial charge is 0.302 e. The highest BCUT2D eigenvalue weighted by Gasteiger charge is 2.44. The van der Waals surface area contributed by atoms with Gasteiger partial charge in [0.2, 0.25) is 5.69 Å². The molecule has 0 bridgehead atoms. The molecule has 5 nitrogen and oxygen atoms in total. The van der Waals surface area contributed by atoms with Crippen molar-refractivity contribution in [1.82, 2.24) is 0 Å². The first kappa shape index (κ1) is 26.0. The van der Waals surface area contributed by atoms with Gasteiger partial charge in [0, 0.05) is 55.0 Å². The van der Waals surface area contributed by atoms with Crippen molar-refractivity contribution < 1.29 is 18.8 Å². The summed E-state index contributed by atoms with van der Waals surface area (Å²) >= 11 is 0. The molecule has 1 aliphatic carbocycles. The van der Waals surface area contributed by atoms with E-state index in [9.17, 15) is 4.79 Å². The second kappa shape index (κ2) is 10.6. The Balaban J connectivity index is 1.51. The molecule has 0 aromatic heterocycles. The third-order valence-electron chi connectivity index (χ3n) is 8.00. The maximum atomic E-state index is 11.4. The predicted molar refractivity (Wildman–Crippen MR) is 155 cm³/mol. The zero-order valence-corrected chi connectivity index (χ0v) is 23.3. The molecule has 0 N–H and O–H groups in total. The highest BCUT2D eigenvalue weighted by Crippen LogP contribution is 2.42. The molecule has 38 heavy (non-hydrogen) atoms. The van der Waals surface area contributed by atoms with E-state index in [2.05, 4.69) is 97.9 Å². The minimum absolute atomic E-state index is 0.166. The standard InChI is InChI=1S/C33H39N2O3/c1-6-34(7-2)27-17-15-25-21-26-12-10-11-24(32(26)38-30(25)22-27)16-18-31-33(4,5)28-13-8-9-14-29(28)35(31)19-20-37-23(3)36/h8-9,13-18,21-22H,6-7,10-12,19-20H2,1-5H3/q+1. The van der Waals surface area contributed by atoms with Crippen molar-refractivity contribution in [2.75, 3.05) is 31.1 Å². The summed E-state index contributed by atoms with van der Waals surface area (Å²) in [7, 11) is 0. The highest BCUT2D eigenvalue weighted by molar-refractivity contribution is 6.03.